The zero-order valence-electron chi connectivity index (χ0n) is 13.1. The average Bonchev–Trinajstić information content (AvgIpc) is 2.20. The first-order valence-electron chi connectivity index (χ1n) is 8.12. The van der Waals surface area contributed by atoms with Crippen LogP contribution in [0.5, 0.6) is 0 Å². The van der Waals surface area contributed by atoms with Crippen molar-refractivity contribution in [2.75, 3.05) is 6.54 Å². The van der Waals surface area contributed by atoms with Crippen LogP contribution in [0.25, 0.3) is 0 Å². The standard InChI is InChI=1S/C17H33N/c1-12-6-7-14(10-13(12)2)16-9-8-15(16)11-18-17(3,4)5/h12-16,18H,6-11H2,1-5H3. The molecule has 18 heavy (non-hydrogen) atoms. The van der Waals surface area contributed by atoms with Gasteiger partial charge in [-0.15, -0.1) is 0 Å². The highest BCUT2D eigenvalue weighted by atomic mass is 14.9. The predicted molar refractivity (Wildman–Crippen MR) is 79.6 cm³/mol. The molecule has 0 aliphatic heterocycles. The summed E-state index contributed by atoms with van der Waals surface area (Å²) < 4.78 is 0. The fraction of sp³-hybridized carbons (Fsp3) is 1.00. The molecule has 0 aromatic carbocycles. The monoisotopic (exact) mass is 251 g/mol. The molecule has 0 amide bonds. The van der Waals surface area contributed by atoms with Gasteiger partial charge >= 0.3 is 0 Å². The lowest BCUT2D eigenvalue weighted by molar-refractivity contribution is 0.0474. The minimum atomic E-state index is 0.286. The lowest BCUT2D eigenvalue weighted by Gasteiger charge is -2.46. The van der Waals surface area contributed by atoms with Crippen LogP contribution in [-0.4, -0.2) is 12.1 Å². The normalized spacial score (nSPS) is 41.5. The van der Waals surface area contributed by atoms with E-state index in [9.17, 15) is 0 Å². The molecule has 1 nitrogen and oxygen atoms in total. The maximum atomic E-state index is 3.71. The second kappa shape index (κ2) is 5.53. The lowest BCUT2D eigenvalue weighted by atomic mass is 9.60. The Morgan fingerprint density at radius 2 is 1.67 bits per heavy atom. The van der Waals surface area contributed by atoms with Crippen LogP contribution in [0, 0.1) is 29.6 Å². The molecule has 2 rings (SSSR count). The second-order valence-electron chi connectivity index (χ2n) is 8.16. The van der Waals surface area contributed by atoms with E-state index in [0.717, 1.165) is 29.6 Å². The van der Waals surface area contributed by atoms with Gasteiger partial charge < -0.3 is 5.32 Å². The molecule has 106 valence electrons. The van der Waals surface area contributed by atoms with Crippen LogP contribution < -0.4 is 5.32 Å². The van der Waals surface area contributed by atoms with Crippen molar-refractivity contribution in [2.24, 2.45) is 29.6 Å². The third kappa shape index (κ3) is 3.50. The Morgan fingerprint density at radius 1 is 0.944 bits per heavy atom. The Bertz CT molecular complexity index is 265. The molecule has 0 spiro atoms. The van der Waals surface area contributed by atoms with Gasteiger partial charge in [-0.05, 0) is 82.6 Å². The molecule has 5 atom stereocenters. The zero-order chi connectivity index (χ0) is 13.3. The van der Waals surface area contributed by atoms with E-state index in [1.54, 1.807) is 0 Å². The molecule has 0 bridgehead atoms. The summed E-state index contributed by atoms with van der Waals surface area (Å²) in [7, 11) is 0. The molecule has 0 aromatic rings. The third-order valence-corrected chi connectivity index (χ3v) is 5.62. The van der Waals surface area contributed by atoms with E-state index in [1.807, 2.05) is 0 Å². The van der Waals surface area contributed by atoms with E-state index >= 15 is 0 Å². The summed E-state index contributed by atoms with van der Waals surface area (Å²) in [4.78, 5) is 0. The Morgan fingerprint density at radius 3 is 2.17 bits per heavy atom. The van der Waals surface area contributed by atoms with Crippen molar-refractivity contribution in [1.82, 2.24) is 5.32 Å². The van der Waals surface area contributed by atoms with Crippen molar-refractivity contribution < 1.29 is 0 Å². The summed E-state index contributed by atoms with van der Waals surface area (Å²) in [6.07, 6.45) is 7.44. The van der Waals surface area contributed by atoms with Gasteiger partial charge in [0, 0.05) is 5.54 Å². The number of nitrogens with one attached hydrogen (secondary N) is 1. The van der Waals surface area contributed by atoms with Gasteiger partial charge in [0.05, 0.1) is 0 Å². The van der Waals surface area contributed by atoms with E-state index in [4.69, 9.17) is 0 Å². The molecule has 5 unspecified atom stereocenters. The van der Waals surface area contributed by atoms with E-state index in [1.165, 1.54) is 38.6 Å². The largest absolute Gasteiger partial charge is 0.312 e. The first-order chi connectivity index (χ1) is 8.37. The maximum absolute atomic E-state index is 3.71. The van der Waals surface area contributed by atoms with Crippen LogP contribution in [0.4, 0.5) is 0 Å². The molecule has 2 fully saturated rings. The summed E-state index contributed by atoms with van der Waals surface area (Å²) in [5, 5.41) is 3.71. The molecule has 0 saturated heterocycles. The maximum Gasteiger partial charge on any atom is 0.00966 e. The van der Waals surface area contributed by atoms with Gasteiger partial charge in [0.1, 0.15) is 0 Å². The topological polar surface area (TPSA) is 12.0 Å². The second-order valence-corrected chi connectivity index (χ2v) is 8.16. The zero-order valence-corrected chi connectivity index (χ0v) is 13.1. The fourth-order valence-electron chi connectivity index (χ4n) is 3.88. The Balaban J connectivity index is 1.79. The van der Waals surface area contributed by atoms with Crippen LogP contribution in [0.15, 0.2) is 0 Å². The number of hydrogen-bond acceptors (Lipinski definition) is 1. The molecule has 2 aliphatic carbocycles. The van der Waals surface area contributed by atoms with Gasteiger partial charge in [0.2, 0.25) is 0 Å². The molecule has 0 heterocycles. The minimum absolute atomic E-state index is 0.286. The molecule has 0 aromatic heterocycles. The van der Waals surface area contributed by atoms with Gasteiger partial charge in [-0.25, -0.2) is 0 Å². The molecular formula is C17H33N. The quantitative estimate of drug-likeness (QED) is 0.780. The molecule has 0 radical (unpaired) electrons. The summed E-state index contributed by atoms with van der Waals surface area (Å²) in [5.41, 5.74) is 0.286. The van der Waals surface area contributed by atoms with Crippen molar-refractivity contribution in [2.45, 2.75) is 72.3 Å². The molecule has 2 aliphatic rings. The van der Waals surface area contributed by atoms with E-state index in [-0.39, 0.29) is 5.54 Å². The Kier molecular flexibility index (Phi) is 4.41. The van der Waals surface area contributed by atoms with Crippen LogP contribution in [0.3, 0.4) is 0 Å². The highest BCUT2D eigenvalue weighted by molar-refractivity contribution is 4.91. The first kappa shape index (κ1) is 14.4. The Labute approximate surface area is 114 Å². The van der Waals surface area contributed by atoms with Crippen LogP contribution >= 0.6 is 0 Å². The highest BCUT2D eigenvalue weighted by Crippen LogP contribution is 2.47. The van der Waals surface area contributed by atoms with Crippen molar-refractivity contribution in [3.05, 3.63) is 0 Å². The van der Waals surface area contributed by atoms with Crippen LogP contribution in [-0.2, 0) is 0 Å². The van der Waals surface area contributed by atoms with Crippen molar-refractivity contribution in [3.63, 3.8) is 0 Å². The Hall–Kier alpha value is -0.0400. The van der Waals surface area contributed by atoms with Crippen LogP contribution in [0.1, 0.15) is 66.7 Å². The summed E-state index contributed by atoms with van der Waals surface area (Å²) in [5.74, 6) is 4.97. The number of hydrogen-bond donors (Lipinski definition) is 1. The average molecular weight is 251 g/mol. The first-order valence-corrected chi connectivity index (χ1v) is 8.12. The fourth-order valence-corrected chi connectivity index (χ4v) is 3.88. The third-order valence-electron chi connectivity index (χ3n) is 5.62. The van der Waals surface area contributed by atoms with Gasteiger partial charge in [-0.1, -0.05) is 20.3 Å². The van der Waals surface area contributed by atoms with Crippen molar-refractivity contribution in [1.29, 1.82) is 0 Å². The van der Waals surface area contributed by atoms with Gasteiger partial charge in [0.15, 0.2) is 0 Å². The van der Waals surface area contributed by atoms with E-state index in [2.05, 4.69) is 39.9 Å². The summed E-state index contributed by atoms with van der Waals surface area (Å²) in [6.45, 7) is 13.0. The lowest BCUT2D eigenvalue weighted by Crippen LogP contribution is -2.46. The smallest absolute Gasteiger partial charge is 0.00966 e. The molecule has 2 saturated carbocycles. The van der Waals surface area contributed by atoms with Crippen molar-refractivity contribution >= 4 is 0 Å². The summed E-state index contributed by atoms with van der Waals surface area (Å²) >= 11 is 0. The molecule has 1 heteroatoms. The van der Waals surface area contributed by atoms with Gasteiger partial charge in [0.25, 0.3) is 0 Å². The van der Waals surface area contributed by atoms with E-state index < -0.39 is 0 Å². The molecule has 1 N–H and O–H groups in total. The molecular weight excluding hydrogens is 218 g/mol. The SMILES string of the molecule is CC1CCC(C2CCC2CNC(C)(C)C)CC1C. The van der Waals surface area contributed by atoms with Gasteiger partial charge in [-0.3, -0.25) is 0 Å². The van der Waals surface area contributed by atoms with E-state index in [0.29, 0.717) is 0 Å². The summed E-state index contributed by atoms with van der Waals surface area (Å²) in [6, 6.07) is 0. The van der Waals surface area contributed by atoms with Gasteiger partial charge in [-0.2, -0.15) is 0 Å². The minimum Gasteiger partial charge on any atom is -0.312 e. The number of rotatable bonds is 3. The predicted octanol–water partition coefficient (Wildman–Crippen LogP) is 4.47. The van der Waals surface area contributed by atoms with Crippen molar-refractivity contribution in [3.8, 4) is 0 Å². The highest BCUT2D eigenvalue weighted by Gasteiger charge is 2.39. The van der Waals surface area contributed by atoms with Crippen LogP contribution in [0.2, 0.25) is 0 Å².